The summed E-state index contributed by atoms with van der Waals surface area (Å²) in [6.45, 7) is 7.37. The zero-order chi connectivity index (χ0) is 32.8. The molecule has 1 aromatic heterocycles. The Labute approximate surface area is 257 Å². The van der Waals surface area contributed by atoms with Gasteiger partial charge in [0.05, 0.1) is 6.61 Å². The van der Waals surface area contributed by atoms with Gasteiger partial charge in [-0.1, -0.05) is 42.5 Å². The van der Waals surface area contributed by atoms with Crippen LogP contribution in [0.4, 0.5) is 26.3 Å². The van der Waals surface area contributed by atoms with E-state index >= 15 is 0 Å². The second-order valence-electron chi connectivity index (χ2n) is 10.9. The van der Waals surface area contributed by atoms with Crippen LogP contribution in [0.3, 0.4) is 0 Å². The molecule has 244 valence electrons. The molecule has 1 atom stereocenters. The molecule has 1 saturated heterocycles. The van der Waals surface area contributed by atoms with Crippen LogP contribution in [-0.2, 0) is 33.0 Å². The lowest BCUT2D eigenvalue weighted by Gasteiger charge is -2.40. The number of pyridine rings is 1. The first-order chi connectivity index (χ1) is 21.2. The molecule has 3 aromatic rings. The monoisotopic (exact) mass is 639 g/mol. The van der Waals surface area contributed by atoms with Crippen molar-refractivity contribution in [2.24, 2.45) is 0 Å². The van der Waals surface area contributed by atoms with Gasteiger partial charge < -0.3 is 14.6 Å². The number of halogens is 6. The van der Waals surface area contributed by atoms with E-state index in [1.54, 1.807) is 31.5 Å². The molecular weight excluding hydrogens is 604 g/mol. The fourth-order valence-electron chi connectivity index (χ4n) is 5.38. The first kappa shape index (κ1) is 34.4. The van der Waals surface area contributed by atoms with Crippen LogP contribution in [0.25, 0.3) is 11.1 Å². The van der Waals surface area contributed by atoms with Crippen molar-refractivity contribution in [2.45, 2.75) is 50.9 Å². The Kier molecular flexibility index (Phi) is 10.9. The molecule has 0 amide bonds. The van der Waals surface area contributed by atoms with E-state index in [9.17, 15) is 36.2 Å². The number of nitrogens with zero attached hydrogens (tertiary/aromatic N) is 3. The van der Waals surface area contributed by atoms with E-state index in [2.05, 4.69) is 9.88 Å². The molecule has 1 aliphatic rings. The van der Waals surface area contributed by atoms with Crippen molar-refractivity contribution < 1.29 is 45.7 Å². The topological polar surface area (TPSA) is 75.1 Å². The number of alkyl halides is 6. The second-order valence-corrected chi connectivity index (χ2v) is 10.9. The number of carbonyl (C=O) groups is 1. The van der Waals surface area contributed by atoms with E-state index in [0.29, 0.717) is 69.2 Å². The Morgan fingerprint density at radius 1 is 0.911 bits per heavy atom. The summed E-state index contributed by atoms with van der Waals surface area (Å²) >= 11 is 0. The number of ether oxygens (including phenoxy) is 2. The summed E-state index contributed by atoms with van der Waals surface area (Å²) in [5, 5.41) is 9.69. The average molecular weight is 640 g/mol. The SMILES string of the molecule is CCOCCOC(=O)[C@@H]1CN(Cc2ccncc2)CCN1Cc1ccc(-c2ccc(C(O)(C(F)(F)F)C(F)(F)F)cc2)c(C)c1. The van der Waals surface area contributed by atoms with Gasteiger partial charge in [-0.25, -0.2) is 0 Å². The summed E-state index contributed by atoms with van der Waals surface area (Å²) in [5.41, 5.74) is -2.65. The van der Waals surface area contributed by atoms with E-state index in [0.717, 1.165) is 28.8 Å². The minimum Gasteiger partial charge on any atom is -0.462 e. The lowest BCUT2D eigenvalue weighted by Crippen LogP contribution is -2.56. The zero-order valence-corrected chi connectivity index (χ0v) is 24.9. The summed E-state index contributed by atoms with van der Waals surface area (Å²) < 4.78 is 90.5. The first-order valence-electron chi connectivity index (χ1n) is 14.4. The third kappa shape index (κ3) is 8.01. The molecule has 0 spiro atoms. The predicted octanol–water partition coefficient (Wildman–Crippen LogP) is 5.64. The van der Waals surface area contributed by atoms with Crippen LogP contribution in [-0.4, -0.2) is 83.7 Å². The molecule has 0 radical (unpaired) electrons. The number of hydrogen-bond donors (Lipinski definition) is 1. The van der Waals surface area contributed by atoms with Gasteiger partial charge in [-0.15, -0.1) is 0 Å². The molecule has 2 heterocycles. The lowest BCUT2D eigenvalue weighted by molar-refractivity contribution is -0.376. The van der Waals surface area contributed by atoms with Crippen molar-refractivity contribution >= 4 is 5.97 Å². The van der Waals surface area contributed by atoms with Crippen LogP contribution in [0.5, 0.6) is 0 Å². The van der Waals surface area contributed by atoms with Gasteiger partial charge >= 0.3 is 18.3 Å². The number of hydrogen-bond acceptors (Lipinski definition) is 7. The average Bonchev–Trinajstić information content (AvgIpc) is 2.99. The first-order valence-corrected chi connectivity index (χ1v) is 14.4. The molecule has 0 bridgehead atoms. The van der Waals surface area contributed by atoms with Gasteiger partial charge in [0.1, 0.15) is 12.6 Å². The lowest BCUT2D eigenvalue weighted by atomic mass is 9.90. The highest BCUT2D eigenvalue weighted by Crippen LogP contribution is 2.50. The number of aryl methyl sites for hydroxylation is 1. The minimum absolute atomic E-state index is 0.136. The molecule has 0 saturated carbocycles. The molecule has 13 heteroatoms. The fourth-order valence-corrected chi connectivity index (χ4v) is 5.38. The molecule has 0 aliphatic carbocycles. The summed E-state index contributed by atoms with van der Waals surface area (Å²) in [4.78, 5) is 21.4. The molecule has 4 rings (SSSR count). The summed E-state index contributed by atoms with van der Waals surface area (Å²) in [5.74, 6) is -0.361. The molecule has 1 fully saturated rings. The van der Waals surface area contributed by atoms with Crippen LogP contribution in [0, 0.1) is 6.92 Å². The second kappa shape index (κ2) is 14.3. The number of esters is 1. The maximum atomic E-state index is 13.3. The molecule has 1 aliphatic heterocycles. The van der Waals surface area contributed by atoms with Gasteiger partial charge in [0.2, 0.25) is 0 Å². The zero-order valence-electron chi connectivity index (χ0n) is 24.9. The van der Waals surface area contributed by atoms with Gasteiger partial charge in [0.25, 0.3) is 5.60 Å². The van der Waals surface area contributed by atoms with E-state index in [1.165, 1.54) is 0 Å². The highest BCUT2D eigenvalue weighted by Gasteiger charge is 2.71. The number of carbonyl (C=O) groups excluding carboxylic acids is 1. The number of aliphatic hydroxyl groups is 1. The van der Waals surface area contributed by atoms with Crippen molar-refractivity contribution in [3.63, 3.8) is 0 Å². The van der Waals surface area contributed by atoms with Gasteiger partial charge in [0.15, 0.2) is 0 Å². The summed E-state index contributed by atoms with van der Waals surface area (Å²) in [6, 6.07) is 12.2. The summed E-state index contributed by atoms with van der Waals surface area (Å²) in [6.07, 6.45) is -8.47. The van der Waals surface area contributed by atoms with Crippen LogP contribution < -0.4 is 0 Å². The van der Waals surface area contributed by atoms with E-state index in [-0.39, 0.29) is 12.6 Å². The van der Waals surface area contributed by atoms with Gasteiger partial charge in [0, 0.05) is 57.3 Å². The van der Waals surface area contributed by atoms with Crippen LogP contribution in [0.2, 0.25) is 0 Å². The molecule has 45 heavy (non-hydrogen) atoms. The quantitative estimate of drug-likeness (QED) is 0.166. The van der Waals surface area contributed by atoms with Crippen molar-refractivity contribution in [3.8, 4) is 11.1 Å². The Morgan fingerprint density at radius 2 is 1.58 bits per heavy atom. The highest BCUT2D eigenvalue weighted by atomic mass is 19.4. The molecule has 0 unspecified atom stereocenters. The number of rotatable bonds is 11. The number of benzene rings is 2. The minimum atomic E-state index is -5.96. The Hall–Kier alpha value is -3.52. The van der Waals surface area contributed by atoms with Crippen LogP contribution in [0.1, 0.15) is 29.2 Å². The molecule has 2 aromatic carbocycles. The normalized spacial score (nSPS) is 17.0. The van der Waals surface area contributed by atoms with Crippen LogP contribution >= 0.6 is 0 Å². The Morgan fingerprint density at radius 3 is 2.18 bits per heavy atom. The molecular formula is C32H35F6N3O4. The van der Waals surface area contributed by atoms with Crippen molar-refractivity contribution in [1.82, 2.24) is 14.8 Å². The molecule has 7 nitrogen and oxygen atoms in total. The maximum absolute atomic E-state index is 13.3. The largest absolute Gasteiger partial charge is 0.462 e. The fraction of sp³-hybridized carbons (Fsp3) is 0.438. The van der Waals surface area contributed by atoms with E-state index < -0.39 is 29.6 Å². The van der Waals surface area contributed by atoms with Gasteiger partial charge in [-0.3, -0.25) is 19.6 Å². The maximum Gasteiger partial charge on any atom is 0.430 e. The number of aromatic nitrogens is 1. The predicted molar refractivity (Wildman–Crippen MR) is 154 cm³/mol. The Bertz CT molecular complexity index is 1400. The van der Waals surface area contributed by atoms with Crippen molar-refractivity contribution in [1.29, 1.82) is 0 Å². The number of piperazine rings is 1. The summed E-state index contributed by atoms with van der Waals surface area (Å²) in [7, 11) is 0. The standard InChI is InChI=1S/C32H35F6N3O4/c1-3-44-16-17-45-29(42)28-21-40(19-23-10-12-39-13-11-23)14-15-41(28)20-24-4-9-27(22(2)18-24)25-5-7-26(8-6-25)30(43,31(33,34)35)32(36,37)38/h4-13,18,28,43H,3,14-17,19-21H2,1-2H3/t28-/m0/s1. The van der Waals surface area contributed by atoms with Crippen molar-refractivity contribution in [3.05, 3.63) is 89.2 Å². The smallest absolute Gasteiger partial charge is 0.430 e. The van der Waals surface area contributed by atoms with Gasteiger partial charge in [-0.2, -0.15) is 26.3 Å². The third-order valence-corrected chi connectivity index (χ3v) is 7.79. The molecule has 1 N–H and O–H groups in total. The Balaban J connectivity index is 1.50. The van der Waals surface area contributed by atoms with Gasteiger partial charge in [-0.05, 0) is 53.8 Å². The van der Waals surface area contributed by atoms with E-state index in [4.69, 9.17) is 9.47 Å². The van der Waals surface area contributed by atoms with Crippen molar-refractivity contribution in [2.75, 3.05) is 39.5 Å². The van der Waals surface area contributed by atoms with E-state index in [1.807, 2.05) is 30.0 Å². The van der Waals surface area contributed by atoms with Crippen LogP contribution in [0.15, 0.2) is 67.0 Å². The highest BCUT2D eigenvalue weighted by molar-refractivity contribution is 5.76. The third-order valence-electron chi connectivity index (χ3n) is 7.79.